The Morgan fingerprint density at radius 2 is 1.93 bits per heavy atom. The molecule has 3 aromatic rings. The number of hydrogen-bond acceptors (Lipinski definition) is 6. The van der Waals surface area contributed by atoms with Crippen molar-refractivity contribution in [2.45, 2.75) is 0 Å². The number of nitrogens with zero attached hydrogens (tertiary/aromatic N) is 2. The number of methoxy groups -OCH3 is 2. The largest absolute Gasteiger partial charge is 0.497 e. The van der Waals surface area contributed by atoms with Crippen LogP contribution in [0, 0.1) is 0 Å². The third-order valence-corrected chi connectivity index (χ3v) is 4.79. The lowest BCUT2D eigenvalue weighted by Gasteiger charge is -2.13. The lowest BCUT2D eigenvalue weighted by Crippen LogP contribution is -2.14. The molecule has 2 aromatic carbocycles. The number of anilines is 2. The zero-order chi connectivity index (χ0) is 19.4. The highest BCUT2D eigenvalue weighted by Gasteiger charge is 2.14. The minimum Gasteiger partial charge on any atom is -0.497 e. The van der Waals surface area contributed by atoms with E-state index in [9.17, 15) is 4.79 Å². The van der Waals surface area contributed by atoms with E-state index in [0.29, 0.717) is 27.9 Å². The van der Waals surface area contributed by atoms with Gasteiger partial charge in [-0.05, 0) is 36.4 Å². The van der Waals surface area contributed by atoms with Crippen LogP contribution in [-0.2, 0) is 0 Å². The van der Waals surface area contributed by atoms with E-state index in [2.05, 4.69) is 10.3 Å². The molecule has 0 bridgehead atoms. The molecule has 0 saturated heterocycles. The van der Waals surface area contributed by atoms with Gasteiger partial charge in [0.15, 0.2) is 5.13 Å². The van der Waals surface area contributed by atoms with Crippen molar-refractivity contribution in [3.63, 3.8) is 0 Å². The van der Waals surface area contributed by atoms with Gasteiger partial charge in [0.1, 0.15) is 11.5 Å². The van der Waals surface area contributed by atoms with Gasteiger partial charge < -0.3 is 14.4 Å². The van der Waals surface area contributed by atoms with Gasteiger partial charge in [-0.1, -0.05) is 6.07 Å². The van der Waals surface area contributed by atoms with Crippen molar-refractivity contribution in [2.75, 3.05) is 38.5 Å². The first kappa shape index (κ1) is 18.7. The van der Waals surface area contributed by atoms with Gasteiger partial charge in [0.05, 0.1) is 19.9 Å². The van der Waals surface area contributed by atoms with Crippen LogP contribution in [0.5, 0.6) is 11.5 Å². The van der Waals surface area contributed by atoms with Crippen molar-refractivity contribution in [2.24, 2.45) is 0 Å². The van der Waals surface area contributed by atoms with Crippen LogP contribution in [0.3, 0.4) is 0 Å². The number of aromatic nitrogens is 1. The Hall–Kier alpha value is -3.06. The number of amides is 1. The molecule has 0 aliphatic rings. The summed E-state index contributed by atoms with van der Waals surface area (Å²) in [5.74, 6) is 1.21. The quantitative estimate of drug-likeness (QED) is 0.693. The van der Waals surface area contributed by atoms with E-state index < -0.39 is 0 Å². The van der Waals surface area contributed by atoms with Crippen molar-refractivity contribution < 1.29 is 14.3 Å². The van der Waals surface area contributed by atoms with E-state index in [-0.39, 0.29) is 5.91 Å². The molecule has 6 nitrogen and oxygen atoms in total. The van der Waals surface area contributed by atoms with E-state index in [1.807, 2.05) is 60.8 Å². The summed E-state index contributed by atoms with van der Waals surface area (Å²) in [5.41, 5.74) is 3.07. The fourth-order valence-electron chi connectivity index (χ4n) is 2.56. The van der Waals surface area contributed by atoms with Crippen molar-refractivity contribution >= 4 is 28.1 Å². The van der Waals surface area contributed by atoms with Gasteiger partial charge >= 0.3 is 0 Å². The molecular formula is C20H21N3O3S. The number of nitrogens with one attached hydrogen (secondary N) is 1. The SMILES string of the molecule is COc1ccc(OC)c(-c2csc(NC(=O)c3cccc(N(C)C)c3)n2)c1. The third-order valence-electron chi connectivity index (χ3n) is 4.03. The van der Waals surface area contributed by atoms with Crippen LogP contribution in [0.15, 0.2) is 47.8 Å². The maximum Gasteiger partial charge on any atom is 0.257 e. The van der Waals surface area contributed by atoms with Gasteiger partial charge in [0, 0.05) is 36.3 Å². The second-order valence-corrected chi connectivity index (χ2v) is 6.86. The van der Waals surface area contributed by atoms with Crippen LogP contribution in [0.4, 0.5) is 10.8 Å². The molecular weight excluding hydrogens is 362 g/mol. The number of ether oxygens (including phenoxy) is 2. The molecule has 1 N–H and O–H groups in total. The first-order chi connectivity index (χ1) is 13.0. The minimum absolute atomic E-state index is 0.197. The van der Waals surface area contributed by atoms with Gasteiger partial charge in [0.2, 0.25) is 0 Å². The van der Waals surface area contributed by atoms with E-state index >= 15 is 0 Å². The predicted octanol–water partition coefficient (Wildman–Crippen LogP) is 4.15. The lowest BCUT2D eigenvalue weighted by atomic mass is 10.1. The number of hydrogen-bond donors (Lipinski definition) is 1. The highest BCUT2D eigenvalue weighted by Crippen LogP contribution is 2.35. The average molecular weight is 383 g/mol. The highest BCUT2D eigenvalue weighted by molar-refractivity contribution is 7.14. The summed E-state index contributed by atoms with van der Waals surface area (Å²) < 4.78 is 10.7. The van der Waals surface area contributed by atoms with Crippen LogP contribution in [0.1, 0.15) is 10.4 Å². The molecule has 27 heavy (non-hydrogen) atoms. The summed E-state index contributed by atoms with van der Waals surface area (Å²) in [5, 5.41) is 5.26. The van der Waals surface area contributed by atoms with Crippen LogP contribution in [0.2, 0.25) is 0 Å². The Labute approximate surface area is 162 Å². The minimum atomic E-state index is -0.197. The Morgan fingerprint density at radius 3 is 2.63 bits per heavy atom. The number of carbonyl (C=O) groups is 1. The molecule has 0 radical (unpaired) electrons. The second-order valence-electron chi connectivity index (χ2n) is 6.00. The molecule has 140 valence electrons. The first-order valence-corrected chi connectivity index (χ1v) is 9.16. The van der Waals surface area contributed by atoms with E-state index in [0.717, 1.165) is 11.3 Å². The van der Waals surface area contributed by atoms with Crippen molar-refractivity contribution in [3.8, 4) is 22.8 Å². The summed E-state index contributed by atoms with van der Waals surface area (Å²) in [6, 6.07) is 13.0. The summed E-state index contributed by atoms with van der Waals surface area (Å²) in [7, 11) is 7.09. The standard InChI is InChI=1S/C20H21N3O3S/c1-23(2)14-7-5-6-13(10-14)19(24)22-20-21-17(12-27-20)16-11-15(25-3)8-9-18(16)26-4/h5-12H,1-4H3,(H,21,22,24). The molecule has 0 atom stereocenters. The van der Waals surface area contributed by atoms with Gasteiger partial charge in [0.25, 0.3) is 5.91 Å². The molecule has 0 fully saturated rings. The smallest absolute Gasteiger partial charge is 0.257 e. The van der Waals surface area contributed by atoms with Crippen LogP contribution < -0.4 is 19.7 Å². The Morgan fingerprint density at radius 1 is 1.11 bits per heavy atom. The third kappa shape index (κ3) is 4.20. The van der Waals surface area contributed by atoms with Crippen molar-refractivity contribution in [1.29, 1.82) is 0 Å². The second kappa shape index (κ2) is 8.09. The van der Waals surface area contributed by atoms with Crippen LogP contribution in [-0.4, -0.2) is 39.2 Å². The molecule has 0 saturated carbocycles. The van der Waals surface area contributed by atoms with Crippen LogP contribution >= 0.6 is 11.3 Å². The summed E-state index contributed by atoms with van der Waals surface area (Å²) in [6.45, 7) is 0. The zero-order valence-corrected chi connectivity index (χ0v) is 16.5. The summed E-state index contributed by atoms with van der Waals surface area (Å²) in [6.07, 6.45) is 0. The lowest BCUT2D eigenvalue weighted by molar-refractivity contribution is 0.102. The van der Waals surface area contributed by atoms with Crippen LogP contribution in [0.25, 0.3) is 11.3 Å². The Balaban J connectivity index is 1.82. The van der Waals surface area contributed by atoms with Gasteiger partial charge in [-0.2, -0.15) is 0 Å². The van der Waals surface area contributed by atoms with Crippen molar-refractivity contribution in [3.05, 3.63) is 53.4 Å². The maximum atomic E-state index is 12.6. The van der Waals surface area contributed by atoms with E-state index in [4.69, 9.17) is 9.47 Å². The predicted molar refractivity (Wildman–Crippen MR) is 109 cm³/mol. The molecule has 0 spiro atoms. The highest BCUT2D eigenvalue weighted by atomic mass is 32.1. The van der Waals surface area contributed by atoms with E-state index in [1.165, 1.54) is 11.3 Å². The van der Waals surface area contributed by atoms with E-state index in [1.54, 1.807) is 20.3 Å². The zero-order valence-electron chi connectivity index (χ0n) is 15.6. The Kier molecular flexibility index (Phi) is 5.61. The van der Waals surface area contributed by atoms with Gasteiger partial charge in [-0.3, -0.25) is 10.1 Å². The number of carbonyl (C=O) groups excluding carboxylic acids is 1. The normalized spacial score (nSPS) is 10.4. The average Bonchev–Trinajstić information content (AvgIpc) is 3.15. The van der Waals surface area contributed by atoms with Crippen molar-refractivity contribution in [1.82, 2.24) is 4.98 Å². The fourth-order valence-corrected chi connectivity index (χ4v) is 3.27. The molecule has 0 aliphatic heterocycles. The fraction of sp³-hybridized carbons (Fsp3) is 0.200. The molecule has 3 rings (SSSR count). The Bertz CT molecular complexity index is 953. The molecule has 1 aromatic heterocycles. The molecule has 1 heterocycles. The van der Waals surface area contributed by atoms with Gasteiger partial charge in [-0.15, -0.1) is 11.3 Å². The monoisotopic (exact) mass is 383 g/mol. The number of thiazole rings is 1. The summed E-state index contributed by atoms with van der Waals surface area (Å²) >= 11 is 1.36. The first-order valence-electron chi connectivity index (χ1n) is 8.28. The molecule has 0 aliphatic carbocycles. The summed E-state index contributed by atoms with van der Waals surface area (Å²) in [4.78, 5) is 19.0. The maximum absolute atomic E-state index is 12.6. The molecule has 7 heteroatoms. The number of benzene rings is 2. The molecule has 1 amide bonds. The topological polar surface area (TPSA) is 63.7 Å². The van der Waals surface area contributed by atoms with Gasteiger partial charge in [-0.25, -0.2) is 4.98 Å². The molecule has 0 unspecified atom stereocenters. The number of rotatable bonds is 6.